The second kappa shape index (κ2) is 2.62. The van der Waals surface area contributed by atoms with Crippen molar-refractivity contribution < 1.29 is 5.11 Å². The van der Waals surface area contributed by atoms with Crippen LogP contribution in [0.2, 0.25) is 0 Å². The average Bonchev–Trinajstić information content (AvgIpc) is 3.06. The van der Waals surface area contributed by atoms with Crippen LogP contribution in [-0.4, -0.2) is 21.8 Å². The minimum Gasteiger partial charge on any atom is -0.375 e. The van der Waals surface area contributed by atoms with Crippen LogP contribution >= 0.6 is 0 Å². The zero-order valence-electron chi connectivity index (χ0n) is 11.4. The molecule has 10 atom stereocenters. The largest absolute Gasteiger partial charge is 0.375 e. The molecule has 0 unspecified atom stereocenters. The summed E-state index contributed by atoms with van der Waals surface area (Å²) in [5, 5.41) is 11.6. The Labute approximate surface area is 118 Å². The molecule has 4 bridgehead atoms. The minimum atomic E-state index is -0.410. The van der Waals surface area contributed by atoms with Crippen molar-refractivity contribution in [1.82, 2.24) is 4.90 Å². The van der Waals surface area contributed by atoms with E-state index in [0.29, 0.717) is 11.8 Å². The van der Waals surface area contributed by atoms with E-state index in [9.17, 15) is 5.11 Å². The Morgan fingerprint density at radius 2 is 1.85 bits per heavy atom. The third-order valence-corrected chi connectivity index (χ3v) is 8.41. The van der Waals surface area contributed by atoms with Crippen LogP contribution in [0.25, 0.3) is 0 Å². The van der Waals surface area contributed by atoms with Gasteiger partial charge in [-0.2, -0.15) is 0 Å². The monoisotopic (exact) mass is 265 g/mol. The molecule has 2 aliphatic heterocycles. The van der Waals surface area contributed by atoms with E-state index in [2.05, 4.69) is 35.2 Å². The number of hydrogen-bond donors (Lipinski definition) is 1. The molecule has 2 nitrogen and oxygen atoms in total. The third kappa shape index (κ3) is 0.678. The van der Waals surface area contributed by atoms with Gasteiger partial charge in [0.15, 0.2) is 0 Å². The Bertz CT molecular complexity index is 644. The molecule has 20 heavy (non-hydrogen) atoms. The second-order valence-corrected chi connectivity index (χ2v) is 8.31. The quantitative estimate of drug-likeness (QED) is 0.883. The molecule has 0 spiro atoms. The number of aliphatic hydroxyl groups is 1. The summed E-state index contributed by atoms with van der Waals surface area (Å²) >= 11 is 0. The fourth-order valence-electron chi connectivity index (χ4n) is 8.55. The second-order valence-electron chi connectivity index (χ2n) is 8.31. The first-order chi connectivity index (χ1) is 9.82. The van der Waals surface area contributed by atoms with Crippen LogP contribution in [0.5, 0.6) is 0 Å². The van der Waals surface area contributed by atoms with Gasteiger partial charge in [-0.15, -0.1) is 0 Å². The highest BCUT2D eigenvalue weighted by molar-refractivity contribution is 5.41. The first-order valence-corrected chi connectivity index (χ1v) is 8.35. The van der Waals surface area contributed by atoms with Crippen molar-refractivity contribution >= 4 is 0 Å². The molecule has 0 amide bonds. The number of hydrogen-bond acceptors (Lipinski definition) is 2. The zero-order chi connectivity index (χ0) is 12.8. The van der Waals surface area contributed by atoms with Gasteiger partial charge in [0, 0.05) is 24.4 Å². The Morgan fingerprint density at radius 3 is 2.70 bits per heavy atom. The molecule has 1 N–H and O–H groups in total. The zero-order valence-corrected chi connectivity index (χ0v) is 11.4. The van der Waals surface area contributed by atoms with E-state index >= 15 is 0 Å². The first kappa shape index (κ1) is 9.97. The van der Waals surface area contributed by atoms with E-state index in [1.54, 1.807) is 0 Å². The van der Waals surface area contributed by atoms with Gasteiger partial charge in [0.2, 0.25) is 0 Å². The Hall–Kier alpha value is -0.860. The van der Waals surface area contributed by atoms with Gasteiger partial charge in [-0.3, -0.25) is 4.90 Å². The molecule has 0 radical (unpaired) electrons. The predicted octanol–water partition coefficient (Wildman–Crippen LogP) is 1.95. The van der Waals surface area contributed by atoms with Gasteiger partial charge in [0.05, 0.1) is 0 Å². The van der Waals surface area contributed by atoms with Crippen LogP contribution in [-0.2, 0) is 6.54 Å². The molecule has 7 fully saturated rings. The summed E-state index contributed by atoms with van der Waals surface area (Å²) in [7, 11) is 0. The number of benzene rings is 1. The van der Waals surface area contributed by atoms with Crippen LogP contribution in [0, 0.1) is 47.3 Å². The molecule has 1 aromatic carbocycles. The van der Waals surface area contributed by atoms with Crippen molar-refractivity contribution in [2.45, 2.75) is 24.7 Å². The molecule has 1 aromatic rings. The topological polar surface area (TPSA) is 23.5 Å². The van der Waals surface area contributed by atoms with Gasteiger partial charge in [0.1, 0.15) is 5.72 Å². The lowest BCUT2D eigenvalue weighted by Crippen LogP contribution is -2.50. The van der Waals surface area contributed by atoms with Crippen LogP contribution in [0.15, 0.2) is 30.3 Å². The highest BCUT2D eigenvalue weighted by atomic mass is 16.3. The Kier molecular flexibility index (Phi) is 1.30. The summed E-state index contributed by atoms with van der Waals surface area (Å²) in [5.41, 5.74) is 0.967. The fraction of sp³-hybridized carbons (Fsp3) is 0.667. The lowest BCUT2D eigenvalue weighted by molar-refractivity contribution is -0.134. The SMILES string of the molecule is O[C@]12[C@H]3[C@H]4[C@@H]5C[C@@H]6[C@@H]4[C@H]3[C@H]([C@@H]6[C@@H]51)N2Cc1ccccc1. The molecule has 7 aliphatic rings. The summed E-state index contributed by atoms with van der Waals surface area (Å²) in [5.74, 6) is 6.86. The van der Waals surface area contributed by atoms with Crippen molar-refractivity contribution in [3.8, 4) is 0 Å². The van der Waals surface area contributed by atoms with Gasteiger partial charge in [-0.1, -0.05) is 30.3 Å². The van der Waals surface area contributed by atoms with Crippen molar-refractivity contribution in [3.63, 3.8) is 0 Å². The highest BCUT2D eigenvalue weighted by Gasteiger charge is 2.93. The van der Waals surface area contributed by atoms with Gasteiger partial charge < -0.3 is 5.11 Å². The average molecular weight is 265 g/mol. The molecule has 5 aliphatic carbocycles. The van der Waals surface area contributed by atoms with Crippen molar-refractivity contribution in [1.29, 1.82) is 0 Å². The van der Waals surface area contributed by atoms with Crippen LogP contribution in [0.3, 0.4) is 0 Å². The smallest absolute Gasteiger partial charge is 0.125 e. The lowest BCUT2D eigenvalue weighted by Gasteiger charge is -2.45. The van der Waals surface area contributed by atoms with Crippen LogP contribution in [0.1, 0.15) is 12.0 Å². The van der Waals surface area contributed by atoms with Gasteiger partial charge in [-0.05, 0) is 47.5 Å². The van der Waals surface area contributed by atoms with E-state index < -0.39 is 5.72 Å². The van der Waals surface area contributed by atoms with E-state index in [-0.39, 0.29) is 0 Å². The maximum absolute atomic E-state index is 11.6. The van der Waals surface area contributed by atoms with Crippen molar-refractivity contribution in [2.75, 3.05) is 0 Å². The minimum absolute atomic E-state index is 0.410. The highest BCUT2D eigenvalue weighted by Crippen LogP contribution is 2.90. The molecular weight excluding hydrogens is 246 g/mol. The molecular formula is C18H19NO. The van der Waals surface area contributed by atoms with E-state index in [1.807, 2.05) is 0 Å². The fourth-order valence-corrected chi connectivity index (χ4v) is 8.55. The lowest BCUT2D eigenvalue weighted by atomic mass is 9.59. The number of rotatable bonds is 2. The maximum atomic E-state index is 11.6. The third-order valence-electron chi connectivity index (χ3n) is 8.41. The van der Waals surface area contributed by atoms with Crippen LogP contribution < -0.4 is 0 Å². The summed E-state index contributed by atoms with van der Waals surface area (Å²) in [6, 6.07) is 11.5. The van der Waals surface area contributed by atoms with E-state index in [0.717, 1.165) is 48.1 Å². The van der Waals surface area contributed by atoms with E-state index in [4.69, 9.17) is 0 Å². The first-order valence-electron chi connectivity index (χ1n) is 8.35. The predicted molar refractivity (Wildman–Crippen MR) is 73.3 cm³/mol. The summed E-state index contributed by atoms with van der Waals surface area (Å²) < 4.78 is 0. The summed E-state index contributed by atoms with van der Waals surface area (Å²) in [6.07, 6.45) is 1.47. The van der Waals surface area contributed by atoms with E-state index in [1.165, 1.54) is 12.0 Å². The Balaban J connectivity index is 1.39. The molecule has 2 heteroatoms. The summed E-state index contributed by atoms with van der Waals surface area (Å²) in [6.45, 7) is 0.973. The molecule has 2 heterocycles. The molecule has 2 saturated heterocycles. The molecule has 102 valence electrons. The van der Waals surface area contributed by atoms with Gasteiger partial charge in [0.25, 0.3) is 0 Å². The standard InChI is InChI=1S/C18H19NO/c20-18-15-10-6-9-11-12(10)16(18)14(11)17(13(9)15)19(18)7-8-4-2-1-3-5-8/h1-5,9-17,20H,6-7H2/t9-,10+,11+,12+,13+,14-,15-,16+,17+,18+/m1/s1. The summed E-state index contributed by atoms with van der Waals surface area (Å²) in [4.78, 5) is 2.55. The van der Waals surface area contributed by atoms with Gasteiger partial charge in [-0.25, -0.2) is 0 Å². The van der Waals surface area contributed by atoms with Crippen LogP contribution in [0.4, 0.5) is 0 Å². The molecule has 5 saturated carbocycles. The number of nitrogens with zero attached hydrogens (tertiary/aromatic N) is 1. The Morgan fingerprint density at radius 1 is 1.00 bits per heavy atom. The van der Waals surface area contributed by atoms with Crippen molar-refractivity contribution in [2.24, 2.45) is 47.3 Å². The van der Waals surface area contributed by atoms with Crippen molar-refractivity contribution in [3.05, 3.63) is 35.9 Å². The molecule has 8 rings (SSSR count). The normalized spacial score (nSPS) is 65.8. The van der Waals surface area contributed by atoms with Gasteiger partial charge >= 0.3 is 0 Å². The maximum Gasteiger partial charge on any atom is 0.125 e. The molecule has 0 aromatic heterocycles.